The highest BCUT2D eigenvalue weighted by Gasteiger charge is 2.43. The quantitative estimate of drug-likeness (QED) is 0.783. The van der Waals surface area contributed by atoms with Crippen molar-refractivity contribution in [3.63, 3.8) is 0 Å². The van der Waals surface area contributed by atoms with Crippen LogP contribution in [-0.2, 0) is 4.79 Å². The van der Waals surface area contributed by atoms with Gasteiger partial charge in [0.05, 0.1) is 0 Å². The number of hydrogen-bond donors (Lipinski definition) is 1. The number of piperidine rings is 2. The van der Waals surface area contributed by atoms with E-state index in [-0.39, 0.29) is 13.1 Å². The molecule has 2 aliphatic rings. The van der Waals surface area contributed by atoms with Crippen molar-refractivity contribution >= 4 is 5.91 Å². The molecule has 2 fully saturated rings. The molecular formula is C12H19F3N2O. The van der Waals surface area contributed by atoms with Crippen LogP contribution in [-0.4, -0.2) is 43.2 Å². The van der Waals surface area contributed by atoms with E-state index in [0.717, 1.165) is 30.8 Å². The third-order valence-corrected chi connectivity index (χ3v) is 4.12. The Balaban J connectivity index is 1.82. The lowest BCUT2D eigenvalue weighted by Crippen LogP contribution is -2.46. The van der Waals surface area contributed by atoms with E-state index in [9.17, 15) is 18.0 Å². The molecule has 0 atom stereocenters. The summed E-state index contributed by atoms with van der Waals surface area (Å²) in [7, 11) is 0. The van der Waals surface area contributed by atoms with Gasteiger partial charge in [-0.25, -0.2) is 0 Å². The van der Waals surface area contributed by atoms with Crippen molar-refractivity contribution in [2.45, 2.75) is 31.9 Å². The second-order valence-electron chi connectivity index (χ2n) is 5.21. The van der Waals surface area contributed by atoms with Crippen molar-refractivity contribution in [2.24, 2.45) is 11.8 Å². The first-order chi connectivity index (χ1) is 8.48. The number of halogens is 3. The van der Waals surface area contributed by atoms with Crippen molar-refractivity contribution < 1.29 is 18.0 Å². The van der Waals surface area contributed by atoms with Crippen molar-refractivity contribution in [3.8, 4) is 0 Å². The lowest BCUT2D eigenvalue weighted by Gasteiger charge is -2.37. The maximum absolute atomic E-state index is 12.3. The zero-order valence-corrected chi connectivity index (χ0v) is 10.3. The first kappa shape index (κ1) is 13.6. The van der Waals surface area contributed by atoms with Crippen LogP contribution in [0.1, 0.15) is 25.7 Å². The predicted molar refractivity (Wildman–Crippen MR) is 61.0 cm³/mol. The molecule has 1 amide bonds. The van der Waals surface area contributed by atoms with Gasteiger partial charge < -0.3 is 10.2 Å². The van der Waals surface area contributed by atoms with Crippen LogP contribution >= 0.6 is 0 Å². The number of alkyl halides is 3. The second-order valence-corrected chi connectivity index (χ2v) is 5.21. The van der Waals surface area contributed by atoms with Crippen LogP contribution in [0.25, 0.3) is 0 Å². The molecule has 0 aliphatic carbocycles. The highest BCUT2D eigenvalue weighted by Crippen LogP contribution is 2.32. The summed E-state index contributed by atoms with van der Waals surface area (Å²) in [6, 6.07) is 0. The van der Waals surface area contributed by atoms with Gasteiger partial charge in [-0.1, -0.05) is 0 Å². The average molecular weight is 264 g/mol. The molecule has 2 aliphatic heterocycles. The zero-order chi connectivity index (χ0) is 13.2. The third kappa shape index (κ3) is 3.16. The number of likely N-dealkylation sites (tertiary alicyclic amines) is 1. The minimum Gasteiger partial charge on any atom is -0.335 e. The van der Waals surface area contributed by atoms with Crippen LogP contribution in [0.5, 0.6) is 0 Å². The Bertz CT molecular complexity index is 292. The Labute approximate surface area is 105 Å². The van der Waals surface area contributed by atoms with Gasteiger partial charge >= 0.3 is 12.1 Å². The summed E-state index contributed by atoms with van der Waals surface area (Å²) in [6.45, 7) is 2.53. The molecule has 104 valence electrons. The molecule has 3 nitrogen and oxygen atoms in total. The van der Waals surface area contributed by atoms with Crippen molar-refractivity contribution in [1.82, 2.24) is 10.2 Å². The lowest BCUT2D eigenvalue weighted by atomic mass is 9.79. The topological polar surface area (TPSA) is 32.3 Å². The van der Waals surface area contributed by atoms with E-state index in [0.29, 0.717) is 24.7 Å². The average Bonchev–Trinajstić information content (AvgIpc) is 2.38. The van der Waals surface area contributed by atoms with Gasteiger partial charge in [0.25, 0.3) is 0 Å². The van der Waals surface area contributed by atoms with Gasteiger partial charge in [0.2, 0.25) is 0 Å². The highest BCUT2D eigenvalue weighted by atomic mass is 19.4. The van der Waals surface area contributed by atoms with Crippen molar-refractivity contribution in [1.29, 1.82) is 0 Å². The fourth-order valence-electron chi connectivity index (χ4n) is 3.07. The molecule has 0 spiro atoms. The summed E-state index contributed by atoms with van der Waals surface area (Å²) >= 11 is 0. The number of carbonyl (C=O) groups excluding carboxylic acids is 1. The fraction of sp³-hybridized carbons (Fsp3) is 0.917. The molecule has 0 saturated carbocycles. The van der Waals surface area contributed by atoms with Gasteiger partial charge in [0.15, 0.2) is 0 Å². The molecule has 0 radical (unpaired) electrons. The molecule has 0 unspecified atom stereocenters. The molecule has 0 aromatic rings. The van der Waals surface area contributed by atoms with Crippen LogP contribution in [0.2, 0.25) is 0 Å². The summed E-state index contributed by atoms with van der Waals surface area (Å²) in [4.78, 5) is 12.0. The second kappa shape index (κ2) is 5.47. The number of rotatable bonds is 1. The minimum atomic E-state index is -4.72. The van der Waals surface area contributed by atoms with E-state index in [1.807, 2.05) is 0 Å². The molecule has 18 heavy (non-hydrogen) atoms. The summed E-state index contributed by atoms with van der Waals surface area (Å²) < 4.78 is 36.9. The molecule has 1 N–H and O–H groups in total. The van der Waals surface area contributed by atoms with Crippen molar-refractivity contribution in [2.75, 3.05) is 26.2 Å². The SMILES string of the molecule is O=C(N1CCC(C2CCNCC2)CC1)C(F)(F)F. The number of nitrogens with one attached hydrogen (secondary N) is 1. The molecule has 2 rings (SSSR count). The monoisotopic (exact) mass is 264 g/mol. The molecule has 6 heteroatoms. The Morgan fingerprint density at radius 2 is 1.50 bits per heavy atom. The largest absolute Gasteiger partial charge is 0.471 e. The maximum Gasteiger partial charge on any atom is 0.471 e. The summed E-state index contributed by atoms with van der Waals surface area (Å²) in [5.74, 6) is -0.565. The number of hydrogen-bond acceptors (Lipinski definition) is 2. The Morgan fingerprint density at radius 1 is 1.00 bits per heavy atom. The van der Waals surface area contributed by atoms with Gasteiger partial charge in [0.1, 0.15) is 0 Å². The first-order valence-electron chi connectivity index (χ1n) is 6.55. The van der Waals surface area contributed by atoms with Crippen LogP contribution in [0, 0.1) is 11.8 Å². The highest BCUT2D eigenvalue weighted by molar-refractivity contribution is 5.81. The normalized spacial score (nSPS) is 24.3. The van der Waals surface area contributed by atoms with E-state index >= 15 is 0 Å². The van der Waals surface area contributed by atoms with Crippen LogP contribution in [0.15, 0.2) is 0 Å². The first-order valence-corrected chi connectivity index (χ1v) is 6.55. The smallest absolute Gasteiger partial charge is 0.335 e. The van der Waals surface area contributed by atoms with Gasteiger partial charge in [-0.05, 0) is 50.6 Å². The summed E-state index contributed by atoms with van der Waals surface area (Å²) in [5.41, 5.74) is 0. The Kier molecular flexibility index (Phi) is 4.14. The number of carbonyl (C=O) groups is 1. The summed E-state index contributed by atoms with van der Waals surface area (Å²) in [6.07, 6.45) is -1.07. The molecule has 2 heterocycles. The Hall–Kier alpha value is -0.780. The van der Waals surface area contributed by atoms with Crippen molar-refractivity contribution in [3.05, 3.63) is 0 Å². The van der Waals surface area contributed by atoms with E-state index in [1.165, 1.54) is 0 Å². The molecular weight excluding hydrogens is 245 g/mol. The number of nitrogens with zero attached hydrogens (tertiary/aromatic N) is 1. The molecule has 2 saturated heterocycles. The fourth-order valence-corrected chi connectivity index (χ4v) is 3.07. The molecule has 0 aromatic heterocycles. The standard InChI is InChI=1S/C12H19F3N2O/c13-12(14,15)11(18)17-7-3-10(4-8-17)9-1-5-16-6-2-9/h9-10,16H,1-8H2. The maximum atomic E-state index is 12.3. The van der Waals surface area contributed by atoms with Crippen LogP contribution in [0.4, 0.5) is 13.2 Å². The van der Waals surface area contributed by atoms with E-state index in [4.69, 9.17) is 0 Å². The van der Waals surface area contributed by atoms with E-state index in [1.54, 1.807) is 0 Å². The van der Waals surface area contributed by atoms with Gasteiger partial charge in [0, 0.05) is 13.1 Å². The predicted octanol–water partition coefficient (Wildman–Crippen LogP) is 1.79. The summed E-state index contributed by atoms with van der Waals surface area (Å²) in [5, 5.41) is 3.29. The van der Waals surface area contributed by atoms with Crippen LogP contribution < -0.4 is 5.32 Å². The van der Waals surface area contributed by atoms with E-state index in [2.05, 4.69) is 5.32 Å². The third-order valence-electron chi connectivity index (χ3n) is 4.12. The zero-order valence-electron chi connectivity index (χ0n) is 10.3. The van der Waals surface area contributed by atoms with Gasteiger partial charge in [-0.15, -0.1) is 0 Å². The molecule has 0 bridgehead atoms. The molecule has 0 aromatic carbocycles. The van der Waals surface area contributed by atoms with Gasteiger partial charge in [-0.3, -0.25) is 4.79 Å². The minimum absolute atomic E-state index is 0.257. The number of amides is 1. The van der Waals surface area contributed by atoms with E-state index < -0.39 is 12.1 Å². The lowest BCUT2D eigenvalue weighted by molar-refractivity contribution is -0.187. The Morgan fingerprint density at radius 3 is 2.00 bits per heavy atom. The van der Waals surface area contributed by atoms with Gasteiger partial charge in [-0.2, -0.15) is 13.2 Å². The van der Waals surface area contributed by atoms with Crippen LogP contribution in [0.3, 0.4) is 0 Å².